The number of unbranched alkanes of at least 4 members (excludes halogenated alkanes) is 2. The zero-order chi connectivity index (χ0) is 16.7. The molecule has 1 unspecified atom stereocenters. The van der Waals surface area contributed by atoms with Crippen molar-refractivity contribution in [1.29, 1.82) is 0 Å². The molecule has 2 rings (SSSR count). The normalized spacial score (nSPS) is 16.0. The number of benzene rings is 1. The smallest absolute Gasteiger partial charge is 0.394 e. The first-order valence-electron chi connectivity index (χ1n) is 8.90. The van der Waals surface area contributed by atoms with E-state index in [-0.39, 0.29) is 5.94 Å². The molecule has 2 nitrogen and oxygen atoms in total. The Balaban J connectivity index is 2.03. The molecule has 1 atom stereocenters. The summed E-state index contributed by atoms with van der Waals surface area (Å²) in [5, 5.41) is 3.45. The molecule has 0 saturated heterocycles. The lowest BCUT2D eigenvalue weighted by Crippen LogP contribution is -2.41. The second-order valence-corrected chi connectivity index (χ2v) is 6.42. The Labute approximate surface area is 142 Å². The lowest BCUT2D eigenvalue weighted by Gasteiger charge is -2.28. The Morgan fingerprint density at radius 2 is 2.04 bits per heavy atom. The molecule has 0 amide bonds. The lowest BCUT2D eigenvalue weighted by atomic mass is 9.78. The number of allylic oxidation sites excluding steroid dienone is 2. The predicted molar refractivity (Wildman–Crippen MR) is 101 cm³/mol. The van der Waals surface area contributed by atoms with Gasteiger partial charge in [0, 0.05) is 17.2 Å². The SMILES string of the molecule is C=C(CCC)NC1[B]Oc2c(cccc2C(=C)CCCCC)C1. The molecule has 23 heavy (non-hydrogen) atoms. The van der Waals surface area contributed by atoms with Crippen LogP contribution < -0.4 is 9.97 Å². The van der Waals surface area contributed by atoms with Crippen LogP contribution in [0.4, 0.5) is 0 Å². The largest absolute Gasteiger partial charge is 0.560 e. The van der Waals surface area contributed by atoms with E-state index in [1.54, 1.807) is 0 Å². The van der Waals surface area contributed by atoms with Gasteiger partial charge in [-0.3, -0.25) is 0 Å². The first-order chi connectivity index (χ1) is 11.2. The van der Waals surface area contributed by atoms with E-state index in [0.717, 1.165) is 37.1 Å². The summed E-state index contributed by atoms with van der Waals surface area (Å²) < 4.78 is 5.98. The van der Waals surface area contributed by atoms with Crippen LogP contribution in [-0.4, -0.2) is 13.4 Å². The van der Waals surface area contributed by atoms with Crippen LogP contribution in [0.2, 0.25) is 0 Å². The number of nitrogens with one attached hydrogen (secondary N) is 1. The van der Waals surface area contributed by atoms with E-state index in [1.165, 1.54) is 36.0 Å². The summed E-state index contributed by atoms with van der Waals surface area (Å²) in [5.41, 5.74) is 4.69. The summed E-state index contributed by atoms with van der Waals surface area (Å²) in [5.74, 6) is 1.19. The third kappa shape index (κ3) is 4.92. The van der Waals surface area contributed by atoms with Crippen LogP contribution in [-0.2, 0) is 6.42 Å². The second-order valence-electron chi connectivity index (χ2n) is 6.42. The number of hydrogen-bond donors (Lipinski definition) is 1. The van der Waals surface area contributed by atoms with Crippen molar-refractivity contribution in [3.8, 4) is 5.75 Å². The van der Waals surface area contributed by atoms with E-state index in [1.807, 2.05) is 7.48 Å². The Morgan fingerprint density at radius 3 is 2.78 bits per heavy atom. The van der Waals surface area contributed by atoms with Gasteiger partial charge in [0.05, 0.1) is 0 Å². The molecule has 123 valence electrons. The van der Waals surface area contributed by atoms with Crippen LogP contribution in [0.1, 0.15) is 63.5 Å². The Bertz CT molecular complexity index is 553. The van der Waals surface area contributed by atoms with Crippen molar-refractivity contribution in [2.45, 2.75) is 64.7 Å². The molecular weight excluding hydrogens is 281 g/mol. The first kappa shape index (κ1) is 17.7. The topological polar surface area (TPSA) is 21.3 Å². The maximum Gasteiger partial charge on any atom is 0.394 e. The van der Waals surface area contributed by atoms with Crippen molar-refractivity contribution in [3.63, 3.8) is 0 Å². The van der Waals surface area contributed by atoms with Crippen molar-refractivity contribution in [1.82, 2.24) is 5.32 Å². The fourth-order valence-electron chi connectivity index (χ4n) is 3.04. The summed E-state index contributed by atoms with van der Waals surface area (Å²) in [6, 6.07) is 6.40. The minimum Gasteiger partial charge on any atom is -0.560 e. The quantitative estimate of drug-likeness (QED) is 0.508. The Morgan fingerprint density at radius 1 is 1.22 bits per heavy atom. The first-order valence-corrected chi connectivity index (χ1v) is 8.90. The number of para-hydroxylation sites is 1. The van der Waals surface area contributed by atoms with Crippen molar-refractivity contribution in [2.75, 3.05) is 0 Å². The van der Waals surface area contributed by atoms with Crippen LogP contribution in [0.5, 0.6) is 5.75 Å². The Hall–Kier alpha value is -1.64. The summed E-state index contributed by atoms with van der Waals surface area (Å²) in [6.45, 7) is 12.7. The van der Waals surface area contributed by atoms with Gasteiger partial charge in [-0.15, -0.1) is 0 Å². The van der Waals surface area contributed by atoms with Crippen LogP contribution in [0.25, 0.3) is 5.57 Å². The molecule has 1 aliphatic heterocycles. The van der Waals surface area contributed by atoms with Crippen molar-refractivity contribution < 1.29 is 4.65 Å². The van der Waals surface area contributed by atoms with E-state index < -0.39 is 0 Å². The van der Waals surface area contributed by atoms with Crippen molar-refractivity contribution in [2.24, 2.45) is 0 Å². The summed E-state index contributed by atoms with van der Waals surface area (Å²) in [6.07, 6.45) is 7.79. The third-order valence-corrected chi connectivity index (χ3v) is 4.29. The summed E-state index contributed by atoms with van der Waals surface area (Å²) >= 11 is 0. The molecule has 0 aromatic heterocycles. The van der Waals surface area contributed by atoms with E-state index >= 15 is 0 Å². The van der Waals surface area contributed by atoms with Gasteiger partial charge in [0.2, 0.25) is 0 Å². The minimum absolute atomic E-state index is 0.199. The highest BCUT2D eigenvalue weighted by atomic mass is 16.4. The van der Waals surface area contributed by atoms with Gasteiger partial charge >= 0.3 is 7.48 Å². The average molecular weight is 310 g/mol. The van der Waals surface area contributed by atoms with Gasteiger partial charge in [0.15, 0.2) is 0 Å². The molecule has 1 N–H and O–H groups in total. The van der Waals surface area contributed by atoms with Crippen LogP contribution in [0.15, 0.2) is 37.1 Å². The maximum absolute atomic E-state index is 5.98. The molecular formula is C20H29BNO. The maximum atomic E-state index is 5.98. The molecule has 0 aliphatic carbocycles. The highest BCUT2D eigenvalue weighted by molar-refractivity contribution is 6.31. The summed E-state index contributed by atoms with van der Waals surface area (Å²) in [7, 11) is 1.91. The molecule has 0 fully saturated rings. The van der Waals surface area contributed by atoms with Gasteiger partial charge < -0.3 is 9.97 Å². The number of fused-ring (bicyclic) bond motifs is 1. The van der Waals surface area contributed by atoms with E-state index in [9.17, 15) is 0 Å². The monoisotopic (exact) mass is 310 g/mol. The lowest BCUT2D eigenvalue weighted by molar-refractivity contribution is 0.510. The average Bonchev–Trinajstić information content (AvgIpc) is 2.54. The number of rotatable bonds is 9. The molecule has 1 aromatic carbocycles. The van der Waals surface area contributed by atoms with E-state index in [2.05, 4.69) is 50.5 Å². The van der Waals surface area contributed by atoms with Gasteiger partial charge in [0.1, 0.15) is 5.75 Å². The molecule has 1 radical (unpaired) electrons. The standard InChI is InChI=1S/C20H29BNO/c1-5-7-8-11-15(3)18-13-9-12-17-14-19(21-23-20(17)18)22-16(4)10-6-2/h9,12-13,19,22H,3-8,10-11,14H2,1-2H3. The van der Waals surface area contributed by atoms with Gasteiger partial charge in [-0.2, -0.15) is 0 Å². The van der Waals surface area contributed by atoms with Gasteiger partial charge in [-0.25, -0.2) is 0 Å². The molecule has 0 saturated carbocycles. The van der Waals surface area contributed by atoms with Crippen LogP contribution >= 0.6 is 0 Å². The second kappa shape index (κ2) is 8.86. The molecule has 1 heterocycles. The fraction of sp³-hybridized carbons (Fsp3) is 0.500. The molecule has 3 heteroatoms. The van der Waals surface area contributed by atoms with Crippen molar-refractivity contribution >= 4 is 13.1 Å². The van der Waals surface area contributed by atoms with Crippen LogP contribution in [0, 0.1) is 0 Å². The fourth-order valence-corrected chi connectivity index (χ4v) is 3.04. The van der Waals surface area contributed by atoms with Crippen LogP contribution in [0.3, 0.4) is 0 Å². The third-order valence-electron chi connectivity index (χ3n) is 4.29. The van der Waals surface area contributed by atoms with Gasteiger partial charge in [-0.1, -0.05) is 64.5 Å². The minimum atomic E-state index is 0.199. The molecule has 0 bridgehead atoms. The van der Waals surface area contributed by atoms with Gasteiger partial charge in [-0.05, 0) is 36.8 Å². The summed E-state index contributed by atoms with van der Waals surface area (Å²) in [4.78, 5) is 0. The van der Waals surface area contributed by atoms with Gasteiger partial charge in [0.25, 0.3) is 0 Å². The van der Waals surface area contributed by atoms with E-state index in [0.29, 0.717) is 0 Å². The van der Waals surface area contributed by atoms with E-state index in [4.69, 9.17) is 4.65 Å². The molecule has 1 aromatic rings. The van der Waals surface area contributed by atoms with Crippen molar-refractivity contribution in [3.05, 3.63) is 48.2 Å². The highest BCUT2D eigenvalue weighted by Gasteiger charge is 2.24. The zero-order valence-electron chi connectivity index (χ0n) is 14.7. The zero-order valence-corrected chi connectivity index (χ0v) is 14.7. The number of hydrogen-bond acceptors (Lipinski definition) is 2. The molecule has 0 spiro atoms. The Kier molecular flexibility index (Phi) is 6.82. The molecule has 1 aliphatic rings. The predicted octanol–water partition coefficient (Wildman–Crippen LogP) is 5.06. The highest BCUT2D eigenvalue weighted by Crippen LogP contribution is 2.34.